The van der Waals surface area contributed by atoms with Gasteiger partial charge >= 0.3 is 0 Å². The monoisotopic (exact) mass is 336 g/mol. The van der Waals surface area contributed by atoms with E-state index in [1.165, 1.54) is 0 Å². The van der Waals surface area contributed by atoms with Crippen molar-refractivity contribution in [3.63, 3.8) is 0 Å². The van der Waals surface area contributed by atoms with Crippen LogP contribution in [0.2, 0.25) is 0 Å². The molecule has 0 aliphatic carbocycles. The highest BCUT2D eigenvalue weighted by Crippen LogP contribution is 2.23. The number of anilines is 1. The number of rotatable bonds is 3. The number of nitrogens with one attached hydrogen (secondary N) is 1. The molecule has 0 aliphatic rings. The standard InChI is InChI=1S/C20H20N2O3/c1-12-8-9-16(13(2)10-12)21-20(24)15-11-22(3)18-14(19(15)23)6-5-7-17(18)25-4/h5-11H,1-4H3,(H,21,24). The zero-order chi connectivity index (χ0) is 18.1. The van der Waals surface area contributed by atoms with Crippen molar-refractivity contribution >= 4 is 22.5 Å². The van der Waals surface area contributed by atoms with Gasteiger partial charge in [0.05, 0.1) is 18.0 Å². The molecular weight excluding hydrogens is 316 g/mol. The number of methoxy groups -OCH3 is 1. The van der Waals surface area contributed by atoms with Crippen LogP contribution in [-0.4, -0.2) is 17.6 Å². The highest BCUT2D eigenvalue weighted by Gasteiger charge is 2.17. The van der Waals surface area contributed by atoms with Crippen molar-refractivity contribution in [1.29, 1.82) is 0 Å². The fourth-order valence-corrected chi connectivity index (χ4v) is 3.00. The van der Waals surface area contributed by atoms with Gasteiger partial charge in [-0.25, -0.2) is 0 Å². The summed E-state index contributed by atoms with van der Waals surface area (Å²) in [7, 11) is 3.35. The third kappa shape index (κ3) is 3.01. The largest absolute Gasteiger partial charge is 0.495 e. The summed E-state index contributed by atoms with van der Waals surface area (Å²) >= 11 is 0. The Bertz CT molecular complexity index is 1040. The minimum absolute atomic E-state index is 0.100. The van der Waals surface area contributed by atoms with Crippen LogP contribution < -0.4 is 15.5 Å². The number of benzene rings is 2. The van der Waals surface area contributed by atoms with Crippen molar-refractivity contribution in [2.24, 2.45) is 7.05 Å². The number of fused-ring (bicyclic) bond motifs is 1. The Balaban J connectivity index is 2.08. The fraction of sp³-hybridized carbons (Fsp3) is 0.200. The zero-order valence-electron chi connectivity index (χ0n) is 14.7. The van der Waals surface area contributed by atoms with Gasteiger partial charge in [0, 0.05) is 18.9 Å². The van der Waals surface area contributed by atoms with Gasteiger partial charge in [-0.2, -0.15) is 0 Å². The molecule has 0 fully saturated rings. The lowest BCUT2D eigenvalue weighted by Crippen LogP contribution is -2.23. The molecule has 0 saturated carbocycles. The maximum Gasteiger partial charge on any atom is 0.261 e. The number of hydrogen-bond donors (Lipinski definition) is 1. The highest BCUT2D eigenvalue weighted by molar-refractivity contribution is 6.06. The summed E-state index contributed by atoms with van der Waals surface area (Å²) < 4.78 is 7.07. The average Bonchev–Trinajstić information content (AvgIpc) is 2.59. The molecule has 5 heteroatoms. The molecule has 0 spiro atoms. The minimum atomic E-state index is -0.419. The SMILES string of the molecule is COc1cccc2c(=O)c(C(=O)Nc3ccc(C)cc3C)cn(C)c12. The van der Waals surface area contributed by atoms with E-state index in [9.17, 15) is 9.59 Å². The maximum absolute atomic E-state index is 12.8. The molecular formula is C20H20N2O3. The summed E-state index contributed by atoms with van der Waals surface area (Å²) in [6, 6.07) is 11.0. The Morgan fingerprint density at radius 1 is 1.16 bits per heavy atom. The van der Waals surface area contributed by atoms with Gasteiger partial charge in [-0.3, -0.25) is 9.59 Å². The number of aryl methyl sites for hydroxylation is 3. The van der Waals surface area contributed by atoms with Crippen molar-refractivity contribution in [3.8, 4) is 5.75 Å². The Kier molecular flexibility index (Phi) is 4.31. The number of nitrogens with zero attached hydrogens (tertiary/aromatic N) is 1. The molecule has 1 heterocycles. The van der Waals surface area contributed by atoms with Crippen molar-refractivity contribution in [2.75, 3.05) is 12.4 Å². The van der Waals surface area contributed by atoms with Crippen LogP contribution in [0.15, 0.2) is 47.4 Å². The van der Waals surface area contributed by atoms with Crippen LogP contribution in [0.3, 0.4) is 0 Å². The molecule has 25 heavy (non-hydrogen) atoms. The topological polar surface area (TPSA) is 60.3 Å². The number of carbonyl (C=O) groups excluding carboxylic acids is 1. The Morgan fingerprint density at radius 2 is 1.92 bits per heavy atom. The van der Waals surface area contributed by atoms with Crippen molar-refractivity contribution < 1.29 is 9.53 Å². The van der Waals surface area contributed by atoms with E-state index in [0.29, 0.717) is 22.3 Å². The number of ether oxygens (including phenoxy) is 1. The van der Waals surface area contributed by atoms with Crippen molar-refractivity contribution in [2.45, 2.75) is 13.8 Å². The van der Waals surface area contributed by atoms with Gasteiger partial charge in [-0.05, 0) is 37.6 Å². The van der Waals surface area contributed by atoms with Crippen LogP contribution in [0.4, 0.5) is 5.69 Å². The van der Waals surface area contributed by atoms with Gasteiger partial charge in [0.15, 0.2) is 0 Å². The lowest BCUT2D eigenvalue weighted by molar-refractivity contribution is 0.102. The molecule has 1 amide bonds. The number of para-hydroxylation sites is 1. The van der Waals surface area contributed by atoms with Gasteiger partial charge in [0.25, 0.3) is 5.91 Å². The Morgan fingerprint density at radius 3 is 2.60 bits per heavy atom. The zero-order valence-corrected chi connectivity index (χ0v) is 14.7. The van der Waals surface area contributed by atoms with Crippen LogP contribution in [0, 0.1) is 13.8 Å². The molecule has 3 rings (SSSR count). The van der Waals surface area contributed by atoms with E-state index in [0.717, 1.165) is 11.1 Å². The number of hydrogen-bond acceptors (Lipinski definition) is 3. The maximum atomic E-state index is 12.8. The second kappa shape index (κ2) is 6.43. The smallest absolute Gasteiger partial charge is 0.261 e. The molecule has 1 aromatic heterocycles. The number of pyridine rings is 1. The first-order valence-corrected chi connectivity index (χ1v) is 7.97. The summed E-state index contributed by atoms with van der Waals surface area (Å²) in [5.41, 5.74) is 3.22. The van der Waals surface area contributed by atoms with E-state index < -0.39 is 5.91 Å². The molecule has 0 unspecified atom stereocenters. The van der Waals surface area contributed by atoms with Crippen LogP contribution in [0.25, 0.3) is 10.9 Å². The summed E-state index contributed by atoms with van der Waals surface area (Å²) in [6.07, 6.45) is 1.55. The van der Waals surface area contributed by atoms with Crippen LogP contribution >= 0.6 is 0 Å². The highest BCUT2D eigenvalue weighted by atomic mass is 16.5. The molecule has 0 aliphatic heterocycles. The molecule has 128 valence electrons. The molecule has 0 radical (unpaired) electrons. The first-order chi connectivity index (χ1) is 11.9. The normalized spacial score (nSPS) is 10.7. The molecule has 3 aromatic rings. The quantitative estimate of drug-likeness (QED) is 0.797. The summed E-state index contributed by atoms with van der Waals surface area (Å²) in [6.45, 7) is 3.91. The van der Waals surface area contributed by atoms with Crippen LogP contribution in [-0.2, 0) is 7.05 Å². The molecule has 0 bridgehead atoms. The van der Waals surface area contributed by atoms with Gasteiger partial charge in [-0.1, -0.05) is 23.8 Å². The van der Waals surface area contributed by atoms with E-state index in [-0.39, 0.29) is 11.0 Å². The predicted octanol–water partition coefficient (Wildman–Crippen LogP) is 3.42. The Labute approximate surface area is 145 Å². The van der Waals surface area contributed by atoms with Gasteiger partial charge in [0.2, 0.25) is 5.43 Å². The van der Waals surface area contributed by atoms with E-state index in [1.807, 2.05) is 32.0 Å². The van der Waals surface area contributed by atoms with Gasteiger partial charge in [-0.15, -0.1) is 0 Å². The van der Waals surface area contributed by atoms with E-state index >= 15 is 0 Å². The third-order valence-electron chi connectivity index (χ3n) is 4.26. The second-order valence-electron chi connectivity index (χ2n) is 6.11. The first kappa shape index (κ1) is 16.8. The lowest BCUT2D eigenvalue weighted by Gasteiger charge is -2.13. The average molecular weight is 336 g/mol. The lowest BCUT2D eigenvalue weighted by atomic mass is 10.1. The third-order valence-corrected chi connectivity index (χ3v) is 4.26. The van der Waals surface area contributed by atoms with Crippen LogP contribution in [0.1, 0.15) is 21.5 Å². The molecule has 0 saturated heterocycles. The molecule has 2 aromatic carbocycles. The van der Waals surface area contributed by atoms with E-state index in [1.54, 1.807) is 43.1 Å². The number of carbonyl (C=O) groups is 1. The van der Waals surface area contributed by atoms with E-state index in [2.05, 4.69) is 5.32 Å². The first-order valence-electron chi connectivity index (χ1n) is 7.97. The summed E-state index contributed by atoms with van der Waals surface area (Å²) in [5.74, 6) is 0.177. The fourth-order valence-electron chi connectivity index (χ4n) is 3.00. The van der Waals surface area contributed by atoms with Gasteiger partial charge < -0.3 is 14.6 Å². The van der Waals surface area contributed by atoms with Crippen molar-refractivity contribution in [1.82, 2.24) is 4.57 Å². The second-order valence-corrected chi connectivity index (χ2v) is 6.11. The predicted molar refractivity (Wildman–Crippen MR) is 99.6 cm³/mol. The Hall–Kier alpha value is -3.08. The molecule has 0 atom stereocenters. The summed E-state index contributed by atoms with van der Waals surface area (Å²) in [4.78, 5) is 25.5. The summed E-state index contributed by atoms with van der Waals surface area (Å²) in [5, 5.41) is 3.29. The van der Waals surface area contributed by atoms with E-state index in [4.69, 9.17) is 4.74 Å². The molecule has 1 N–H and O–H groups in total. The minimum Gasteiger partial charge on any atom is -0.495 e. The molecule has 5 nitrogen and oxygen atoms in total. The number of amides is 1. The number of aromatic nitrogens is 1. The van der Waals surface area contributed by atoms with Gasteiger partial charge in [0.1, 0.15) is 11.3 Å². The van der Waals surface area contributed by atoms with Crippen LogP contribution in [0.5, 0.6) is 5.75 Å². The van der Waals surface area contributed by atoms with Crippen molar-refractivity contribution in [3.05, 3.63) is 69.5 Å².